The van der Waals surface area contributed by atoms with Crippen molar-refractivity contribution in [2.45, 2.75) is 19.4 Å². The van der Waals surface area contributed by atoms with Gasteiger partial charge in [0.05, 0.1) is 11.6 Å². The number of amides is 1. The van der Waals surface area contributed by atoms with Gasteiger partial charge in [-0.1, -0.05) is 0 Å². The van der Waals surface area contributed by atoms with Gasteiger partial charge in [0.1, 0.15) is 0 Å². The number of allylic oxidation sites excluding steroid dienone is 2. The minimum absolute atomic E-state index is 0. The van der Waals surface area contributed by atoms with Crippen LogP contribution in [-0.2, 0) is 14.4 Å². The lowest BCUT2D eigenvalue weighted by Gasteiger charge is -2.13. The fourth-order valence-electron chi connectivity index (χ4n) is 1.37. The highest BCUT2D eigenvalue weighted by molar-refractivity contribution is 6.20. The first kappa shape index (κ1) is 17.1. The topological polar surface area (TPSA) is 130 Å². The molecule has 0 unspecified atom stereocenters. The fraction of sp³-hybridized carbons (Fsp3) is 0.364. The summed E-state index contributed by atoms with van der Waals surface area (Å²) in [5.41, 5.74) is 5.09. The van der Waals surface area contributed by atoms with Gasteiger partial charge in [0, 0.05) is 12.6 Å². The molecule has 0 spiro atoms. The van der Waals surface area contributed by atoms with Crippen LogP contribution in [0.2, 0.25) is 0 Å². The number of halogens is 1. The molecule has 0 aromatic carbocycles. The van der Waals surface area contributed by atoms with Gasteiger partial charge in [-0.15, -0.1) is 12.4 Å². The van der Waals surface area contributed by atoms with E-state index >= 15 is 0 Å². The molecule has 1 amide bonds. The molecule has 5 N–H and O–H groups in total. The molecule has 0 aliphatic heterocycles. The summed E-state index contributed by atoms with van der Waals surface area (Å²) in [7, 11) is 0. The molecule has 19 heavy (non-hydrogen) atoms. The van der Waals surface area contributed by atoms with Crippen LogP contribution in [0.15, 0.2) is 23.2 Å². The van der Waals surface area contributed by atoms with Crippen molar-refractivity contribution in [3.63, 3.8) is 0 Å². The third kappa shape index (κ3) is 4.08. The lowest BCUT2D eigenvalue weighted by molar-refractivity contribution is -0.122. The van der Waals surface area contributed by atoms with Crippen molar-refractivity contribution in [3.8, 4) is 0 Å². The Morgan fingerprint density at radius 3 is 2.53 bits per heavy atom. The second-order valence-electron chi connectivity index (χ2n) is 3.88. The molecule has 0 aromatic rings. The first-order valence-corrected chi connectivity index (χ1v) is 5.29. The van der Waals surface area contributed by atoms with E-state index in [1.54, 1.807) is 0 Å². The second-order valence-corrected chi connectivity index (χ2v) is 3.88. The predicted molar refractivity (Wildman–Crippen MR) is 68.9 cm³/mol. The molecule has 0 bridgehead atoms. The molecule has 8 heteroatoms. The van der Waals surface area contributed by atoms with Crippen LogP contribution in [0.3, 0.4) is 0 Å². The highest BCUT2D eigenvalue weighted by Gasteiger charge is 2.27. The summed E-state index contributed by atoms with van der Waals surface area (Å²) < 4.78 is 0. The van der Waals surface area contributed by atoms with Crippen LogP contribution < -0.4 is 11.1 Å². The van der Waals surface area contributed by atoms with Crippen molar-refractivity contribution in [1.82, 2.24) is 5.32 Å². The molecule has 1 atom stereocenters. The van der Waals surface area contributed by atoms with Crippen molar-refractivity contribution in [3.05, 3.63) is 23.2 Å². The summed E-state index contributed by atoms with van der Waals surface area (Å²) in [6.45, 7) is 1.53. The van der Waals surface area contributed by atoms with Crippen LogP contribution in [-0.4, -0.2) is 40.3 Å². The Kier molecular flexibility index (Phi) is 6.23. The smallest absolute Gasteiger partial charge is 0.236 e. The molecule has 0 saturated carbocycles. The van der Waals surface area contributed by atoms with Crippen molar-refractivity contribution in [2.75, 3.05) is 6.54 Å². The predicted octanol–water partition coefficient (Wildman–Crippen LogP) is -0.332. The quantitative estimate of drug-likeness (QED) is 0.524. The third-order valence-electron chi connectivity index (χ3n) is 2.38. The number of nitrogens with two attached hydrogens (primary N) is 1. The van der Waals surface area contributed by atoms with E-state index in [1.165, 1.54) is 6.92 Å². The second kappa shape index (κ2) is 6.91. The number of hydrogen-bond acceptors (Lipinski definition) is 6. The van der Waals surface area contributed by atoms with Crippen LogP contribution in [0.1, 0.15) is 13.3 Å². The van der Waals surface area contributed by atoms with Crippen molar-refractivity contribution in [1.29, 1.82) is 0 Å². The lowest BCUT2D eigenvalue weighted by Crippen LogP contribution is -2.39. The highest BCUT2D eigenvalue weighted by atomic mass is 35.5. The maximum atomic E-state index is 11.5. The number of Topliss-reactive ketones (excluding diaryl/α,β-unsaturated/α-hetero) is 1. The van der Waals surface area contributed by atoms with Crippen LogP contribution in [0.25, 0.3) is 0 Å². The first-order chi connectivity index (χ1) is 8.34. The standard InChI is InChI=1S/C11H14N2O5.ClH/c1-5(12)11(18)13-3-2-6-9(16)7(14)4-8(15)10(6)17;/h4-5,14,17H,2-3,12H2,1H3,(H,13,18);1H/t5-;/m0./s1. The molecule has 0 fully saturated rings. The molecular formula is C11H15ClN2O5. The number of carbonyl (C=O) groups is 3. The summed E-state index contributed by atoms with van der Waals surface area (Å²) in [5, 5.41) is 21.0. The van der Waals surface area contributed by atoms with Crippen LogP contribution in [0.4, 0.5) is 0 Å². The van der Waals surface area contributed by atoms with E-state index in [0.717, 1.165) is 0 Å². The maximum absolute atomic E-state index is 11.5. The van der Waals surface area contributed by atoms with Gasteiger partial charge in [-0.2, -0.15) is 0 Å². The van der Waals surface area contributed by atoms with Gasteiger partial charge in [-0.05, 0) is 13.3 Å². The van der Waals surface area contributed by atoms with Crippen molar-refractivity contribution < 1.29 is 24.6 Å². The number of carbonyl (C=O) groups excluding carboxylic acids is 3. The number of ketones is 2. The minimum Gasteiger partial charge on any atom is -0.504 e. The molecule has 1 aliphatic carbocycles. The Morgan fingerprint density at radius 1 is 1.42 bits per heavy atom. The first-order valence-electron chi connectivity index (χ1n) is 5.29. The van der Waals surface area contributed by atoms with Crippen molar-refractivity contribution in [2.24, 2.45) is 5.73 Å². The van der Waals surface area contributed by atoms with E-state index in [2.05, 4.69) is 5.32 Å². The Hall–Kier alpha value is -1.86. The zero-order valence-electron chi connectivity index (χ0n) is 10.2. The molecule has 7 nitrogen and oxygen atoms in total. The Bertz CT molecular complexity index is 468. The monoisotopic (exact) mass is 290 g/mol. The van der Waals surface area contributed by atoms with Crippen LogP contribution in [0, 0.1) is 0 Å². The number of nitrogens with one attached hydrogen (secondary N) is 1. The van der Waals surface area contributed by atoms with Crippen LogP contribution in [0.5, 0.6) is 0 Å². The Labute approximate surface area is 115 Å². The number of rotatable bonds is 4. The lowest BCUT2D eigenvalue weighted by atomic mass is 9.97. The summed E-state index contributed by atoms with van der Waals surface area (Å²) in [5.74, 6) is -3.48. The minimum atomic E-state index is -0.833. The van der Waals surface area contributed by atoms with Crippen molar-refractivity contribution >= 4 is 29.9 Å². The maximum Gasteiger partial charge on any atom is 0.236 e. The average molecular weight is 291 g/mol. The number of aliphatic hydroxyl groups excluding tert-OH is 2. The summed E-state index contributed by atoms with van der Waals surface area (Å²) in [6, 6.07) is -0.690. The molecule has 0 aromatic heterocycles. The van der Waals surface area contributed by atoms with E-state index in [4.69, 9.17) is 5.73 Å². The van der Waals surface area contributed by atoms with Gasteiger partial charge in [-0.3, -0.25) is 14.4 Å². The molecule has 1 rings (SSSR count). The molecular weight excluding hydrogens is 276 g/mol. The zero-order chi connectivity index (χ0) is 13.9. The Balaban J connectivity index is 0.00000324. The zero-order valence-corrected chi connectivity index (χ0v) is 11.0. The van der Waals surface area contributed by atoms with E-state index in [9.17, 15) is 24.6 Å². The molecule has 106 valence electrons. The van der Waals surface area contributed by atoms with Crippen LogP contribution >= 0.6 is 12.4 Å². The summed E-state index contributed by atoms with van der Waals surface area (Å²) in [6.07, 6.45) is 0.592. The molecule has 0 radical (unpaired) electrons. The highest BCUT2D eigenvalue weighted by Crippen LogP contribution is 2.18. The third-order valence-corrected chi connectivity index (χ3v) is 2.38. The molecule has 0 saturated heterocycles. The fourth-order valence-corrected chi connectivity index (χ4v) is 1.37. The van der Waals surface area contributed by atoms with E-state index in [1.807, 2.05) is 0 Å². The van der Waals surface area contributed by atoms with Gasteiger partial charge in [0.25, 0.3) is 0 Å². The number of hydrogen-bond donors (Lipinski definition) is 4. The number of aliphatic hydroxyl groups is 2. The van der Waals surface area contributed by atoms with Gasteiger partial charge >= 0.3 is 0 Å². The van der Waals surface area contributed by atoms with E-state index in [0.29, 0.717) is 6.08 Å². The largest absolute Gasteiger partial charge is 0.504 e. The van der Waals surface area contributed by atoms with E-state index in [-0.39, 0.29) is 30.9 Å². The molecule has 1 aliphatic rings. The normalized spacial score (nSPS) is 16.6. The van der Waals surface area contributed by atoms with Gasteiger partial charge in [-0.25, -0.2) is 0 Å². The molecule has 0 heterocycles. The summed E-state index contributed by atoms with van der Waals surface area (Å²) >= 11 is 0. The SMILES string of the molecule is C[C@H](N)C(=O)NCCC1=C(O)C(=O)C=C(O)C1=O.Cl. The Morgan fingerprint density at radius 2 is 2.00 bits per heavy atom. The van der Waals surface area contributed by atoms with Gasteiger partial charge < -0.3 is 21.3 Å². The van der Waals surface area contributed by atoms with E-state index < -0.39 is 35.0 Å². The summed E-state index contributed by atoms with van der Waals surface area (Å²) in [4.78, 5) is 33.8. The van der Waals surface area contributed by atoms with Gasteiger partial charge in [0.15, 0.2) is 11.5 Å². The van der Waals surface area contributed by atoms with Gasteiger partial charge in [0.2, 0.25) is 17.5 Å². The average Bonchev–Trinajstić information content (AvgIpc) is 2.30.